The lowest BCUT2D eigenvalue weighted by Crippen LogP contribution is -2.51. The van der Waals surface area contributed by atoms with Gasteiger partial charge in [0.25, 0.3) is 0 Å². The van der Waals surface area contributed by atoms with Gasteiger partial charge in [-0.25, -0.2) is 0 Å². The Morgan fingerprint density at radius 2 is 1.77 bits per heavy atom. The van der Waals surface area contributed by atoms with Crippen LogP contribution in [0.15, 0.2) is 0 Å². The van der Waals surface area contributed by atoms with Crippen LogP contribution in [0.2, 0.25) is 0 Å². The van der Waals surface area contributed by atoms with Crippen LogP contribution >= 0.6 is 11.6 Å². The molecule has 3 atom stereocenters. The van der Waals surface area contributed by atoms with Gasteiger partial charge in [0.2, 0.25) is 0 Å². The summed E-state index contributed by atoms with van der Waals surface area (Å²) in [5, 5.41) is 0.161. The Kier molecular flexibility index (Phi) is 5.07. The fraction of sp³-hybridized carbons (Fsp3) is 1.00. The Hall–Kier alpha value is 0.210. The minimum Gasteiger partial charge on any atom is -0.375 e. The summed E-state index contributed by atoms with van der Waals surface area (Å²) >= 11 is 6.02. The number of halogens is 1. The molecule has 1 fully saturated rings. The molecular weight excluding hydrogens is 188 g/mol. The second-order valence-corrected chi connectivity index (χ2v) is 4.06. The number of hydrogen-bond acceptors (Lipinski definition) is 2. The van der Waals surface area contributed by atoms with Gasteiger partial charge in [-0.15, -0.1) is 11.6 Å². The van der Waals surface area contributed by atoms with Crippen molar-refractivity contribution >= 4 is 11.6 Å². The summed E-state index contributed by atoms with van der Waals surface area (Å²) in [7, 11) is 0. The van der Waals surface area contributed by atoms with E-state index in [9.17, 15) is 0 Å². The topological polar surface area (TPSA) is 18.5 Å². The Morgan fingerprint density at radius 3 is 2.31 bits per heavy atom. The molecule has 2 nitrogen and oxygen atoms in total. The average molecular weight is 207 g/mol. The van der Waals surface area contributed by atoms with Crippen molar-refractivity contribution in [1.29, 1.82) is 0 Å². The molecule has 1 rings (SSSR count). The van der Waals surface area contributed by atoms with Crippen molar-refractivity contribution in [2.45, 2.75) is 50.7 Å². The Labute approximate surface area is 85.5 Å². The summed E-state index contributed by atoms with van der Waals surface area (Å²) in [6, 6.07) is 0. The van der Waals surface area contributed by atoms with Crippen LogP contribution in [0, 0.1) is 0 Å². The molecule has 1 aliphatic rings. The van der Waals surface area contributed by atoms with E-state index in [0.717, 1.165) is 32.5 Å². The zero-order valence-electron chi connectivity index (χ0n) is 8.46. The molecule has 3 unspecified atom stereocenters. The molecule has 0 spiro atoms. The summed E-state index contributed by atoms with van der Waals surface area (Å²) in [6.45, 7) is 5.82. The highest BCUT2D eigenvalue weighted by molar-refractivity contribution is 6.21. The highest BCUT2D eigenvalue weighted by atomic mass is 35.5. The van der Waals surface area contributed by atoms with Crippen LogP contribution in [0.1, 0.15) is 33.1 Å². The molecule has 0 aromatic carbocycles. The normalized spacial score (nSPS) is 33.0. The van der Waals surface area contributed by atoms with Crippen molar-refractivity contribution in [3.63, 3.8) is 0 Å². The average Bonchev–Trinajstić information content (AvgIpc) is 2.12. The Balaban J connectivity index is 2.16. The van der Waals surface area contributed by atoms with Crippen LogP contribution < -0.4 is 0 Å². The van der Waals surface area contributed by atoms with Crippen molar-refractivity contribution < 1.29 is 9.47 Å². The lowest BCUT2D eigenvalue weighted by molar-refractivity contribution is -0.124. The largest absolute Gasteiger partial charge is 0.375 e. The van der Waals surface area contributed by atoms with Crippen LogP contribution in [-0.4, -0.2) is 30.8 Å². The smallest absolute Gasteiger partial charge is 0.100 e. The van der Waals surface area contributed by atoms with Gasteiger partial charge in [0.1, 0.15) is 6.10 Å². The van der Waals surface area contributed by atoms with E-state index in [1.165, 1.54) is 0 Å². The van der Waals surface area contributed by atoms with Crippen molar-refractivity contribution in [2.24, 2.45) is 0 Å². The van der Waals surface area contributed by atoms with Crippen molar-refractivity contribution in [1.82, 2.24) is 0 Å². The third kappa shape index (κ3) is 3.12. The van der Waals surface area contributed by atoms with Gasteiger partial charge in [-0.1, -0.05) is 13.8 Å². The van der Waals surface area contributed by atoms with Crippen LogP contribution in [0.4, 0.5) is 0 Å². The molecule has 0 amide bonds. The fourth-order valence-electron chi connectivity index (χ4n) is 1.43. The molecule has 0 N–H and O–H groups in total. The molecule has 78 valence electrons. The maximum Gasteiger partial charge on any atom is 0.100 e. The first kappa shape index (κ1) is 11.3. The quantitative estimate of drug-likeness (QED) is 0.622. The molecule has 0 bridgehead atoms. The monoisotopic (exact) mass is 206 g/mol. The van der Waals surface area contributed by atoms with Gasteiger partial charge in [0.05, 0.1) is 11.5 Å². The lowest BCUT2D eigenvalue weighted by atomic mass is 9.91. The predicted molar refractivity (Wildman–Crippen MR) is 54.3 cm³/mol. The van der Waals surface area contributed by atoms with E-state index in [0.29, 0.717) is 0 Å². The molecule has 0 saturated heterocycles. The second-order valence-electron chi connectivity index (χ2n) is 3.50. The molecular formula is C10H19ClO2. The van der Waals surface area contributed by atoms with E-state index in [1.54, 1.807) is 0 Å². The number of rotatable bonds is 6. The molecule has 13 heavy (non-hydrogen) atoms. The van der Waals surface area contributed by atoms with E-state index in [1.807, 2.05) is 0 Å². The van der Waals surface area contributed by atoms with Gasteiger partial charge in [0.15, 0.2) is 0 Å². The minimum absolute atomic E-state index is 0.133. The van der Waals surface area contributed by atoms with Gasteiger partial charge < -0.3 is 9.47 Å². The molecule has 0 heterocycles. The van der Waals surface area contributed by atoms with Crippen LogP contribution in [0.3, 0.4) is 0 Å². The predicted octanol–water partition coefficient (Wildman–Crippen LogP) is 2.59. The van der Waals surface area contributed by atoms with Crippen LogP contribution in [0.25, 0.3) is 0 Å². The standard InChI is InChI=1S/C10H19ClO2/c1-3-5-12-9-7-8(11)10(9)13-6-4-2/h8-10H,3-7H2,1-2H3. The van der Waals surface area contributed by atoms with E-state index >= 15 is 0 Å². The summed E-state index contributed by atoms with van der Waals surface area (Å²) in [5.41, 5.74) is 0. The van der Waals surface area contributed by atoms with Gasteiger partial charge in [-0.05, 0) is 19.3 Å². The lowest BCUT2D eigenvalue weighted by Gasteiger charge is -2.40. The molecule has 0 aromatic heterocycles. The first-order valence-corrected chi connectivity index (χ1v) is 5.60. The molecule has 1 saturated carbocycles. The van der Waals surface area contributed by atoms with E-state index in [4.69, 9.17) is 21.1 Å². The Bertz CT molecular complexity index is 141. The highest BCUT2D eigenvalue weighted by Gasteiger charge is 2.41. The summed E-state index contributed by atoms with van der Waals surface area (Å²) in [6.07, 6.45) is 3.42. The first-order valence-electron chi connectivity index (χ1n) is 5.16. The molecule has 0 radical (unpaired) electrons. The number of ether oxygens (including phenoxy) is 2. The first-order chi connectivity index (χ1) is 6.29. The van der Waals surface area contributed by atoms with E-state index < -0.39 is 0 Å². The summed E-state index contributed by atoms with van der Waals surface area (Å²) < 4.78 is 11.2. The second kappa shape index (κ2) is 5.84. The minimum atomic E-state index is 0.133. The number of alkyl halides is 1. The van der Waals surface area contributed by atoms with Gasteiger partial charge in [-0.3, -0.25) is 0 Å². The maximum absolute atomic E-state index is 6.02. The third-order valence-corrected chi connectivity index (χ3v) is 2.66. The molecule has 0 aliphatic heterocycles. The zero-order chi connectivity index (χ0) is 9.68. The number of hydrogen-bond donors (Lipinski definition) is 0. The van der Waals surface area contributed by atoms with Crippen molar-refractivity contribution in [3.8, 4) is 0 Å². The third-order valence-electron chi connectivity index (χ3n) is 2.23. The molecule has 0 aromatic rings. The van der Waals surface area contributed by atoms with Crippen LogP contribution in [0.5, 0.6) is 0 Å². The summed E-state index contributed by atoms with van der Waals surface area (Å²) in [4.78, 5) is 0. The van der Waals surface area contributed by atoms with Crippen LogP contribution in [-0.2, 0) is 9.47 Å². The SMILES string of the molecule is CCCOC1CC(Cl)C1OCCC. The highest BCUT2D eigenvalue weighted by Crippen LogP contribution is 2.31. The molecule has 1 aliphatic carbocycles. The van der Waals surface area contributed by atoms with E-state index in [-0.39, 0.29) is 17.6 Å². The van der Waals surface area contributed by atoms with Crippen molar-refractivity contribution in [3.05, 3.63) is 0 Å². The maximum atomic E-state index is 6.02. The summed E-state index contributed by atoms with van der Waals surface area (Å²) in [5.74, 6) is 0. The van der Waals surface area contributed by atoms with E-state index in [2.05, 4.69) is 13.8 Å². The molecule has 3 heteroatoms. The fourth-order valence-corrected chi connectivity index (χ4v) is 1.84. The van der Waals surface area contributed by atoms with Gasteiger partial charge in [0, 0.05) is 13.2 Å². The van der Waals surface area contributed by atoms with Gasteiger partial charge in [-0.2, -0.15) is 0 Å². The Morgan fingerprint density at radius 1 is 1.15 bits per heavy atom. The zero-order valence-corrected chi connectivity index (χ0v) is 9.22. The van der Waals surface area contributed by atoms with Crippen molar-refractivity contribution in [2.75, 3.05) is 13.2 Å². The van der Waals surface area contributed by atoms with Gasteiger partial charge >= 0.3 is 0 Å².